The number of carboxylic acid groups (broad SMARTS) is 1. The van der Waals surface area contributed by atoms with Crippen LogP contribution in [0.2, 0.25) is 0 Å². The molecule has 0 amide bonds. The van der Waals surface area contributed by atoms with E-state index >= 15 is 0 Å². The third kappa shape index (κ3) is 10.3. The Morgan fingerprint density at radius 2 is 1.33 bits per heavy atom. The summed E-state index contributed by atoms with van der Waals surface area (Å²) in [5.74, 6) is -0.719. The molecule has 0 aromatic carbocycles. The van der Waals surface area contributed by atoms with Gasteiger partial charge in [0.05, 0.1) is 31.2 Å². The first kappa shape index (κ1) is 28.2. The molecule has 2 atom stereocenters. The number of ether oxygens (including phenoxy) is 1. The molecule has 2 unspecified atom stereocenters. The zero-order chi connectivity index (χ0) is 16.3. The van der Waals surface area contributed by atoms with Gasteiger partial charge in [0.2, 0.25) is 0 Å². The van der Waals surface area contributed by atoms with E-state index in [4.69, 9.17) is 5.11 Å². The van der Waals surface area contributed by atoms with Crippen LogP contribution >= 0.6 is 0 Å². The number of hydrogen-bond acceptors (Lipinski definition) is 6. The molecular formula is C15H29LiO8. The van der Waals surface area contributed by atoms with Crippen LogP contribution in [0.4, 0.5) is 0 Å². The van der Waals surface area contributed by atoms with E-state index in [-0.39, 0.29) is 54.5 Å². The van der Waals surface area contributed by atoms with Crippen molar-refractivity contribution >= 4 is 11.9 Å². The smallest absolute Gasteiger partial charge is 0.870 e. The average Bonchev–Trinajstić information content (AvgIpc) is 3.17. The van der Waals surface area contributed by atoms with Gasteiger partial charge in [-0.1, -0.05) is 0 Å². The van der Waals surface area contributed by atoms with Crippen LogP contribution in [0.15, 0.2) is 0 Å². The van der Waals surface area contributed by atoms with Gasteiger partial charge in [0.25, 0.3) is 0 Å². The fourth-order valence-electron chi connectivity index (χ4n) is 2.37. The van der Waals surface area contributed by atoms with Gasteiger partial charge in [-0.15, -0.1) is 0 Å². The second kappa shape index (κ2) is 11.1. The fourth-order valence-corrected chi connectivity index (χ4v) is 2.37. The molecule has 2 aliphatic carbocycles. The van der Waals surface area contributed by atoms with Crippen LogP contribution in [0.3, 0.4) is 0 Å². The van der Waals surface area contributed by atoms with E-state index in [2.05, 4.69) is 4.74 Å². The van der Waals surface area contributed by atoms with Crippen molar-refractivity contribution in [3.63, 3.8) is 0 Å². The van der Waals surface area contributed by atoms with Crippen molar-refractivity contribution < 1.29 is 59.5 Å². The number of methoxy groups -OCH3 is 1. The Hall–Kier alpha value is -0.623. The van der Waals surface area contributed by atoms with Crippen LogP contribution in [0.1, 0.15) is 52.4 Å². The van der Waals surface area contributed by atoms with Gasteiger partial charge in [-0.25, -0.2) is 0 Å². The van der Waals surface area contributed by atoms with Crippen molar-refractivity contribution in [3.8, 4) is 0 Å². The number of aliphatic hydroxyl groups is 2. The van der Waals surface area contributed by atoms with Gasteiger partial charge in [0, 0.05) is 0 Å². The number of carbonyl (C=O) groups excluding carboxylic acids is 1. The van der Waals surface area contributed by atoms with Gasteiger partial charge in [-0.2, -0.15) is 0 Å². The van der Waals surface area contributed by atoms with Gasteiger partial charge < -0.3 is 31.0 Å². The van der Waals surface area contributed by atoms with E-state index < -0.39 is 17.2 Å². The van der Waals surface area contributed by atoms with E-state index in [0.717, 1.165) is 25.7 Å². The van der Waals surface area contributed by atoms with Crippen LogP contribution in [0.5, 0.6) is 0 Å². The molecule has 9 heteroatoms. The van der Waals surface area contributed by atoms with E-state index in [1.165, 1.54) is 7.11 Å². The van der Waals surface area contributed by atoms with Crippen molar-refractivity contribution in [2.24, 2.45) is 11.8 Å². The molecule has 138 valence electrons. The summed E-state index contributed by atoms with van der Waals surface area (Å²) in [5.41, 5.74) is -1.81. The minimum Gasteiger partial charge on any atom is -0.870 e. The second-order valence-corrected chi connectivity index (χ2v) is 6.59. The molecule has 0 aliphatic heterocycles. The van der Waals surface area contributed by atoms with Crippen LogP contribution in [-0.2, 0) is 14.3 Å². The third-order valence-corrected chi connectivity index (χ3v) is 4.15. The maximum Gasteiger partial charge on any atom is 1.00 e. The van der Waals surface area contributed by atoms with Crippen LogP contribution < -0.4 is 18.9 Å². The summed E-state index contributed by atoms with van der Waals surface area (Å²) in [7, 11) is 1.34. The number of carbonyl (C=O) groups is 2. The summed E-state index contributed by atoms with van der Waals surface area (Å²) in [4.78, 5) is 21.0. The van der Waals surface area contributed by atoms with Gasteiger partial charge in [-0.05, 0) is 51.4 Å². The van der Waals surface area contributed by atoms with Gasteiger partial charge >= 0.3 is 30.8 Å². The fraction of sp³-hybridized carbons (Fsp3) is 0.867. The van der Waals surface area contributed by atoms with Crippen LogP contribution in [0.25, 0.3) is 0 Å². The summed E-state index contributed by atoms with van der Waals surface area (Å²) in [6.07, 6.45) is 4.00. The molecule has 8 nitrogen and oxygen atoms in total. The maximum absolute atomic E-state index is 10.8. The van der Waals surface area contributed by atoms with E-state index in [9.17, 15) is 19.8 Å². The molecule has 2 aliphatic rings. The molecule has 0 radical (unpaired) electrons. The topological polar surface area (TPSA) is 166 Å². The van der Waals surface area contributed by atoms with Crippen LogP contribution in [-0.4, -0.2) is 56.5 Å². The predicted octanol–water partition coefficient (Wildman–Crippen LogP) is -2.66. The summed E-state index contributed by atoms with van der Waals surface area (Å²) < 4.78 is 4.47. The molecule has 0 heterocycles. The monoisotopic (exact) mass is 344 g/mol. The number of rotatable bonds is 6. The first-order chi connectivity index (χ1) is 9.58. The van der Waals surface area contributed by atoms with Crippen molar-refractivity contribution in [3.05, 3.63) is 0 Å². The minimum absolute atomic E-state index is 0. The zero-order valence-electron chi connectivity index (χ0n) is 14.9. The summed E-state index contributed by atoms with van der Waals surface area (Å²) in [6, 6.07) is 0. The Morgan fingerprint density at radius 1 is 1.00 bits per heavy atom. The molecule has 0 bridgehead atoms. The van der Waals surface area contributed by atoms with Crippen LogP contribution in [0, 0.1) is 11.8 Å². The molecule has 6 N–H and O–H groups in total. The molecular weight excluding hydrogens is 315 g/mol. The average molecular weight is 344 g/mol. The zero-order valence-corrected chi connectivity index (χ0v) is 14.9. The SMILES string of the molecule is CC(O)(CC(=O)O)C1CC1.COC(=O)CC(C)(O)C1CC1.O.[Li+].[OH-]. The first-order valence-electron chi connectivity index (χ1n) is 7.32. The van der Waals surface area contributed by atoms with Gasteiger partial charge in [0.1, 0.15) is 0 Å². The maximum atomic E-state index is 10.8. The molecule has 2 fully saturated rings. The molecule has 0 aromatic rings. The Kier molecular flexibility index (Phi) is 13.0. The molecule has 0 saturated heterocycles. The molecule has 2 saturated carbocycles. The van der Waals surface area contributed by atoms with E-state index in [1.54, 1.807) is 13.8 Å². The van der Waals surface area contributed by atoms with Crippen molar-refractivity contribution in [1.82, 2.24) is 0 Å². The van der Waals surface area contributed by atoms with E-state index in [0.29, 0.717) is 5.92 Å². The number of aliphatic carboxylic acids is 1. The number of carboxylic acids is 1. The standard InChI is InChI=1S/C8H14O3.C7H12O3.Li.2H2O/c1-8(10,6-3-4-6)5-7(9)11-2;1-7(10,4-6(8)9)5-2-3-5;;;/h6,10H,3-5H2,1-2H3;5,10H,2-4H2,1H3,(H,8,9);;2*1H2/q;;+1;;/p-1. The van der Waals surface area contributed by atoms with Crippen molar-refractivity contribution in [2.75, 3.05) is 7.11 Å². The quantitative estimate of drug-likeness (QED) is 0.349. The number of esters is 1. The first-order valence-corrected chi connectivity index (χ1v) is 7.32. The van der Waals surface area contributed by atoms with Crippen molar-refractivity contribution in [2.45, 2.75) is 63.6 Å². The molecule has 2 rings (SSSR count). The minimum atomic E-state index is -0.966. The Bertz CT molecular complexity index is 389. The second-order valence-electron chi connectivity index (χ2n) is 6.59. The molecule has 0 aromatic heterocycles. The third-order valence-electron chi connectivity index (χ3n) is 4.15. The Balaban J connectivity index is -0.000000328. The Labute approximate surface area is 154 Å². The predicted molar refractivity (Wildman–Crippen MR) is 81.1 cm³/mol. The summed E-state index contributed by atoms with van der Waals surface area (Å²) in [5, 5.41) is 27.5. The summed E-state index contributed by atoms with van der Waals surface area (Å²) in [6.45, 7) is 3.29. The number of hydrogen-bond donors (Lipinski definition) is 3. The van der Waals surface area contributed by atoms with Gasteiger partial charge in [-0.3, -0.25) is 9.59 Å². The largest absolute Gasteiger partial charge is 1.00 e. The molecule has 24 heavy (non-hydrogen) atoms. The molecule has 0 spiro atoms. The normalized spacial score (nSPS) is 20.2. The van der Waals surface area contributed by atoms with Gasteiger partial charge in [0.15, 0.2) is 0 Å². The van der Waals surface area contributed by atoms with E-state index in [1.807, 2.05) is 0 Å². The Morgan fingerprint density at radius 3 is 1.58 bits per heavy atom. The van der Waals surface area contributed by atoms with Crippen molar-refractivity contribution in [1.29, 1.82) is 0 Å². The summed E-state index contributed by atoms with van der Waals surface area (Å²) >= 11 is 0.